The molecule has 0 fully saturated rings. The number of rotatable bonds is 11. The van der Waals surface area contributed by atoms with E-state index in [4.69, 9.17) is 11.6 Å². The Bertz CT molecular complexity index is 1390. The Morgan fingerprint density at radius 3 is 2.05 bits per heavy atom. The molecule has 3 rings (SSSR count). The summed E-state index contributed by atoms with van der Waals surface area (Å²) >= 11 is 6.21. The maximum absolute atomic E-state index is 13.9. The van der Waals surface area contributed by atoms with Crippen molar-refractivity contribution in [3.63, 3.8) is 0 Å². The number of carbonyl (C=O) groups is 2. The molecule has 0 aliphatic carbocycles. The average Bonchev–Trinajstić information content (AvgIpc) is 2.89. The molecule has 2 amide bonds. The maximum Gasteiger partial charge on any atom is 0.264 e. The third-order valence-electron chi connectivity index (χ3n) is 6.31. The van der Waals surface area contributed by atoms with Crippen LogP contribution in [0, 0.1) is 19.8 Å². The van der Waals surface area contributed by atoms with Crippen molar-refractivity contribution in [1.29, 1.82) is 0 Å². The van der Waals surface area contributed by atoms with Gasteiger partial charge >= 0.3 is 0 Å². The first-order valence-electron chi connectivity index (χ1n) is 12.9. The van der Waals surface area contributed by atoms with E-state index in [0.717, 1.165) is 21.0 Å². The number of carbonyl (C=O) groups excluding carboxylic acids is 2. The fourth-order valence-corrected chi connectivity index (χ4v) is 5.51. The zero-order valence-electron chi connectivity index (χ0n) is 23.0. The van der Waals surface area contributed by atoms with Crippen LogP contribution in [0.3, 0.4) is 0 Å². The Morgan fingerprint density at radius 1 is 0.897 bits per heavy atom. The lowest BCUT2D eigenvalue weighted by Gasteiger charge is -2.32. The highest BCUT2D eigenvalue weighted by Gasteiger charge is 2.32. The fraction of sp³-hybridized carbons (Fsp3) is 0.333. The van der Waals surface area contributed by atoms with Crippen molar-refractivity contribution in [1.82, 2.24) is 10.2 Å². The minimum atomic E-state index is -4.14. The number of aryl methyl sites for hydroxylation is 2. The zero-order valence-corrected chi connectivity index (χ0v) is 24.6. The molecular formula is C30H36ClN3O4S. The van der Waals surface area contributed by atoms with Gasteiger partial charge in [-0.15, -0.1) is 0 Å². The Labute approximate surface area is 236 Å². The van der Waals surface area contributed by atoms with Gasteiger partial charge in [0.2, 0.25) is 11.8 Å². The molecule has 208 valence electrons. The molecule has 0 bridgehead atoms. The number of nitrogens with zero attached hydrogens (tertiary/aromatic N) is 2. The van der Waals surface area contributed by atoms with Gasteiger partial charge in [-0.25, -0.2) is 8.42 Å². The molecule has 0 spiro atoms. The molecule has 0 heterocycles. The minimum Gasteiger partial charge on any atom is -0.354 e. The van der Waals surface area contributed by atoms with E-state index in [0.29, 0.717) is 11.6 Å². The largest absolute Gasteiger partial charge is 0.354 e. The van der Waals surface area contributed by atoms with Gasteiger partial charge in [0.1, 0.15) is 12.6 Å². The number of anilines is 1. The van der Waals surface area contributed by atoms with Crippen LogP contribution in [0.4, 0.5) is 5.69 Å². The highest BCUT2D eigenvalue weighted by molar-refractivity contribution is 7.92. The van der Waals surface area contributed by atoms with Gasteiger partial charge < -0.3 is 10.2 Å². The molecule has 0 aliphatic heterocycles. The van der Waals surface area contributed by atoms with Crippen molar-refractivity contribution in [3.05, 3.63) is 94.5 Å². The molecular weight excluding hydrogens is 534 g/mol. The maximum atomic E-state index is 13.9. The fourth-order valence-electron chi connectivity index (χ4n) is 3.92. The van der Waals surface area contributed by atoms with Crippen LogP contribution in [0.15, 0.2) is 77.7 Å². The van der Waals surface area contributed by atoms with Gasteiger partial charge in [-0.1, -0.05) is 79.0 Å². The number of hydrogen-bond acceptors (Lipinski definition) is 4. The van der Waals surface area contributed by atoms with Crippen molar-refractivity contribution in [2.24, 2.45) is 5.92 Å². The summed E-state index contributed by atoms with van der Waals surface area (Å²) in [5.74, 6) is -0.585. The van der Waals surface area contributed by atoms with Crippen molar-refractivity contribution in [2.45, 2.75) is 52.1 Å². The zero-order chi connectivity index (χ0) is 28.7. The van der Waals surface area contributed by atoms with Crippen molar-refractivity contribution in [3.8, 4) is 0 Å². The number of sulfonamides is 1. The van der Waals surface area contributed by atoms with Crippen LogP contribution in [0.5, 0.6) is 0 Å². The second kappa shape index (κ2) is 13.1. The summed E-state index contributed by atoms with van der Waals surface area (Å²) in [5.41, 5.74) is 3.05. The number of hydrogen-bond donors (Lipinski definition) is 1. The summed E-state index contributed by atoms with van der Waals surface area (Å²) in [6.07, 6.45) is 0. The summed E-state index contributed by atoms with van der Waals surface area (Å²) in [5, 5.41) is 3.22. The molecule has 0 saturated carbocycles. The lowest BCUT2D eigenvalue weighted by atomic mass is 10.1. The van der Waals surface area contributed by atoms with Crippen molar-refractivity contribution < 1.29 is 18.0 Å². The average molecular weight is 570 g/mol. The Kier molecular flexibility index (Phi) is 10.2. The molecule has 0 saturated heterocycles. The molecule has 9 heteroatoms. The van der Waals surface area contributed by atoms with Gasteiger partial charge in [-0.3, -0.25) is 13.9 Å². The van der Waals surface area contributed by atoms with Crippen LogP contribution in [0.25, 0.3) is 0 Å². The Balaban J connectivity index is 2.01. The molecule has 1 N–H and O–H groups in total. The monoisotopic (exact) mass is 569 g/mol. The van der Waals surface area contributed by atoms with Gasteiger partial charge in [0.05, 0.1) is 10.6 Å². The molecule has 3 aromatic rings. The summed E-state index contributed by atoms with van der Waals surface area (Å²) in [7, 11) is -4.14. The minimum absolute atomic E-state index is 0.0497. The van der Waals surface area contributed by atoms with Gasteiger partial charge in [-0.05, 0) is 62.6 Å². The van der Waals surface area contributed by atoms with E-state index >= 15 is 0 Å². The molecule has 7 nitrogen and oxygen atoms in total. The molecule has 1 unspecified atom stereocenters. The predicted molar refractivity (Wildman–Crippen MR) is 156 cm³/mol. The first kappa shape index (κ1) is 30.2. The molecule has 39 heavy (non-hydrogen) atoms. The lowest BCUT2D eigenvalue weighted by Crippen LogP contribution is -2.51. The summed E-state index contributed by atoms with van der Waals surface area (Å²) < 4.78 is 28.7. The van der Waals surface area contributed by atoms with Crippen molar-refractivity contribution >= 4 is 39.1 Å². The molecule has 3 aromatic carbocycles. The van der Waals surface area contributed by atoms with Crippen LogP contribution >= 0.6 is 11.6 Å². The summed E-state index contributed by atoms with van der Waals surface area (Å²) in [4.78, 5) is 28.4. The summed E-state index contributed by atoms with van der Waals surface area (Å²) in [6.45, 7) is 9.55. The number of halogens is 1. The smallest absolute Gasteiger partial charge is 0.264 e. The topological polar surface area (TPSA) is 86.8 Å². The van der Waals surface area contributed by atoms with Crippen LogP contribution in [-0.2, 0) is 26.2 Å². The molecule has 0 aliphatic rings. The normalized spacial score (nSPS) is 12.2. The number of nitrogens with one attached hydrogen (secondary N) is 1. The molecule has 0 radical (unpaired) electrons. The van der Waals surface area contributed by atoms with E-state index in [1.807, 2.05) is 52.0 Å². The second-order valence-corrected chi connectivity index (χ2v) is 12.4. The first-order valence-corrected chi connectivity index (χ1v) is 14.7. The lowest BCUT2D eigenvalue weighted by molar-refractivity contribution is -0.139. The number of benzene rings is 3. The van der Waals surface area contributed by atoms with E-state index in [1.54, 1.807) is 37.3 Å². The van der Waals surface area contributed by atoms with Crippen LogP contribution in [-0.4, -0.2) is 44.3 Å². The van der Waals surface area contributed by atoms with E-state index in [9.17, 15) is 18.0 Å². The summed E-state index contributed by atoms with van der Waals surface area (Å²) in [6, 6.07) is 19.6. The molecule has 1 atom stereocenters. The van der Waals surface area contributed by atoms with E-state index in [1.165, 1.54) is 23.1 Å². The van der Waals surface area contributed by atoms with E-state index in [2.05, 4.69) is 5.32 Å². The quantitative estimate of drug-likeness (QED) is 0.338. The van der Waals surface area contributed by atoms with Gasteiger partial charge in [0.25, 0.3) is 10.0 Å². The van der Waals surface area contributed by atoms with Crippen molar-refractivity contribution in [2.75, 3.05) is 17.4 Å². The standard InChI is InChI=1S/C30H36ClN3O4S/c1-21(2)18-32-30(36)24(5)33(19-25-13-9-22(3)10-14-25)29(35)20-34(27-8-6-7-26(31)17-27)39(37,38)28-15-11-23(4)12-16-28/h6-17,21,24H,18-20H2,1-5H3,(H,32,36). The van der Waals surface area contributed by atoms with Crippen LogP contribution in [0.2, 0.25) is 5.02 Å². The highest BCUT2D eigenvalue weighted by Crippen LogP contribution is 2.27. The predicted octanol–water partition coefficient (Wildman–Crippen LogP) is 5.34. The van der Waals surface area contributed by atoms with Gasteiger partial charge in [-0.2, -0.15) is 0 Å². The van der Waals surface area contributed by atoms with E-state index < -0.39 is 28.5 Å². The first-order chi connectivity index (χ1) is 18.4. The van der Waals surface area contributed by atoms with Gasteiger partial charge in [0, 0.05) is 18.1 Å². The van der Waals surface area contributed by atoms with E-state index in [-0.39, 0.29) is 29.0 Å². The van der Waals surface area contributed by atoms with Crippen LogP contribution in [0.1, 0.15) is 37.5 Å². The van der Waals surface area contributed by atoms with Gasteiger partial charge in [0.15, 0.2) is 0 Å². The number of amides is 2. The Hall–Kier alpha value is -3.36. The molecule has 0 aromatic heterocycles. The Morgan fingerprint density at radius 2 is 1.49 bits per heavy atom. The second-order valence-electron chi connectivity index (χ2n) is 10.1. The third-order valence-corrected chi connectivity index (χ3v) is 8.33. The highest BCUT2D eigenvalue weighted by atomic mass is 35.5. The SMILES string of the molecule is Cc1ccc(CN(C(=O)CN(c2cccc(Cl)c2)S(=O)(=O)c2ccc(C)cc2)C(C)C(=O)NCC(C)C)cc1. The van der Waals surface area contributed by atoms with Crippen LogP contribution < -0.4 is 9.62 Å². The third kappa shape index (κ3) is 8.07.